The monoisotopic (exact) mass is 530 g/mol. The van der Waals surface area contributed by atoms with Gasteiger partial charge in [0.2, 0.25) is 20.9 Å². The zero-order valence-electron chi connectivity index (χ0n) is 20.6. The molecule has 1 aliphatic rings. The molecule has 0 bridgehead atoms. The van der Waals surface area contributed by atoms with Gasteiger partial charge in [-0.3, -0.25) is 0 Å². The van der Waals surface area contributed by atoms with Crippen molar-refractivity contribution in [3.05, 3.63) is 41.5 Å². The van der Waals surface area contributed by atoms with Crippen LogP contribution in [0.25, 0.3) is 32.9 Å². The number of sulfone groups is 1. The first-order valence-corrected chi connectivity index (χ1v) is 13.4. The topological polar surface area (TPSA) is 104 Å². The van der Waals surface area contributed by atoms with Crippen LogP contribution in [0.3, 0.4) is 0 Å². The van der Waals surface area contributed by atoms with Crippen molar-refractivity contribution in [2.24, 2.45) is 0 Å². The van der Waals surface area contributed by atoms with Crippen LogP contribution in [0, 0.1) is 11.6 Å². The van der Waals surface area contributed by atoms with Gasteiger partial charge in [-0.2, -0.15) is 0 Å². The maximum absolute atomic E-state index is 16.4. The second-order valence-corrected chi connectivity index (χ2v) is 10.6. The van der Waals surface area contributed by atoms with Crippen molar-refractivity contribution < 1.29 is 31.4 Å². The summed E-state index contributed by atoms with van der Waals surface area (Å²) in [7, 11) is -0.712. The number of halogens is 2. The minimum absolute atomic E-state index is 0.0524. The summed E-state index contributed by atoms with van der Waals surface area (Å²) in [6.45, 7) is 2.29. The van der Waals surface area contributed by atoms with Crippen molar-refractivity contribution in [1.29, 1.82) is 0 Å². The van der Waals surface area contributed by atoms with Crippen molar-refractivity contribution in [2.75, 3.05) is 45.3 Å². The molecule has 0 saturated carbocycles. The predicted molar refractivity (Wildman–Crippen MR) is 134 cm³/mol. The lowest BCUT2D eigenvalue weighted by molar-refractivity contribution is 0.0512. The van der Waals surface area contributed by atoms with Crippen molar-refractivity contribution in [3.8, 4) is 22.9 Å². The average molecular weight is 531 g/mol. The van der Waals surface area contributed by atoms with E-state index in [9.17, 15) is 12.8 Å². The number of anilines is 1. The molecule has 0 aliphatic carbocycles. The van der Waals surface area contributed by atoms with Crippen molar-refractivity contribution in [2.45, 2.75) is 18.5 Å². The largest absolute Gasteiger partial charge is 0.475 e. The van der Waals surface area contributed by atoms with E-state index in [4.69, 9.17) is 14.2 Å². The molecular weight excluding hydrogens is 506 g/mol. The van der Waals surface area contributed by atoms with Crippen LogP contribution < -0.4 is 14.4 Å². The van der Waals surface area contributed by atoms with E-state index in [-0.39, 0.29) is 47.3 Å². The smallest absolute Gasteiger partial charge is 0.249 e. The molecule has 4 aromatic rings. The van der Waals surface area contributed by atoms with Crippen LogP contribution in [0.5, 0.6) is 11.6 Å². The predicted octanol–water partition coefficient (Wildman–Crippen LogP) is 3.90. The number of methoxy groups -OCH3 is 1. The Morgan fingerprint density at radius 1 is 1.14 bits per heavy atom. The summed E-state index contributed by atoms with van der Waals surface area (Å²) in [5.41, 5.74) is 0.186. The number of aromatic nitrogens is 3. The summed E-state index contributed by atoms with van der Waals surface area (Å²) in [6, 6.07) is 6.18. The Morgan fingerprint density at radius 2 is 1.92 bits per heavy atom. The van der Waals surface area contributed by atoms with Gasteiger partial charge in [0.15, 0.2) is 12.6 Å². The maximum atomic E-state index is 16.4. The fraction of sp³-hybridized carbons (Fsp3) is 0.320. The van der Waals surface area contributed by atoms with Gasteiger partial charge in [0.1, 0.15) is 40.6 Å². The van der Waals surface area contributed by atoms with Crippen molar-refractivity contribution in [3.63, 3.8) is 0 Å². The Kier molecular flexibility index (Phi) is 6.32. The van der Waals surface area contributed by atoms with E-state index in [2.05, 4.69) is 15.0 Å². The number of likely N-dealkylation sites (N-methyl/N-ethyl adjacent to an activating group) is 1. The molecule has 0 spiro atoms. The van der Waals surface area contributed by atoms with Gasteiger partial charge in [0.05, 0.1) is 6.54 Å². The third-order valence-electron chi connectivity index (χ3n) is 6.16. The Balaban J connectivity index is 1.92. The molecule has 2 aromatic heterocycles. The highest BCUT2D eigenvalue weighted by Crippen LogP contribution is 2.42. The Morgan fingerprint density at radius 3 is 2.62 bits per heavy atom. The molecule has 0 atom stereocenters. The molecule has 0 saturated heterocycles. The summed E-state index contributed by atoms with van der Waals surface area (Å²) in [5.74, 6) is -0.730. The number of hydrogen-bond donors (Lipinski definition) is 0. The number of ether oxygens (including phenoxy) is 3. The normalized spacial score (nSPS) is 13.6. The fourth-order valence-corrected chi connectivity index (χ4v) is 4.95. The number of benzene rings is 2. The van der Waals surface area contributed by atoms with Crippen LogP contribution in [-0.4, -0.2) is 63.7 Å². The summed E-state index contributed by atoms with van der Waals surface area (Å²) in [5, 5.41) is 0.697. The number of rotatable bonds is 6. The van der Waals surface area contributed by atoms with Gasteiger partial charge in [-0.1, -0.05) is 13.0 Å². The molecule has 0 N–H and O–H groups in total. The summed E-state index contributed by atoms with van der Waals surface area (Å²) >= 11 is 0. The van der Waals surface area contributed by atoms with Gasteiger partial charge in [-0.25, -0.2) is 32.2 Å². The standard InChI is InChI=1S/C25H24F2N4O5S/c1-5-15-17(26)7-6-13-10-14(36-12-34-3)11-16(18(13)15)21-20(27)22-19-23(30-25(29-22)37(4,32)33)31(2)8-9-35-24(19)28-21/h6-7,10-11H,5,8-9,12H2,1-4H3. The molecule has 0 amide bonds. The first kappa shape index (κ1) is 25.0. The lowest BCUT2D eigenvalue weighted by Crippen LogP contribution is -2.23. The van der Waals surface area contributed by atoms with E-state index >= 15 is 4.39 Å². The molecule has 0 unspecified atom stereocenters. The zero-order valence-corrected chi connectivity index (χ0v) is 21.4. The molecule has 194 valence electrons. The van der Waals surface area contributed by atoms with Crippen molar-refractivity contribution in [1.82, 2.24) is 15.0 Å². The molecular formula is C25H24F2N4O5S. The van der Waals surface area contributed by atoms with Gasteiger partial charge in [-0.15, -0.1) is 0 Å². The Labute approximate surface area is 211 Å². The highest BCUT2D eigenvalue weighted by molar-refractivity contribution is 7.90. The third kappa shape index (κ3) is 4.29. The third-order valence-corrected chi connectivity index (χ3v) is 7.01. The SMILES string of the molecule is CCc1c(F)ccc2cc(OCOC)cc(-c3nc4c5c(nc(S(C)(=O)=O)nc5c3F)N(C)CCO4)c12. The molecule has 0 radical (unpaired) electrons. The number of nitrogens with zero attached hydrogens (tertiary/aromatic N) is 4. The van der Waals surface area contributed by atoms with E-state index in [1.807, 2.05) is 0 Å². The van der Waals surface area contributed by atoms with Crippen LogP contribution in [0.4, 0.5) is 14.6 Å². The molecule has 12 heteroatoms. The van der Waals surface area contributed by atoms with E-state index in [1.54, 1.807) is 37.1 Å². The molecule has 2 aromatic carbocycles. The van der Waals surface area contributed by atoms with Crippen LogP contribution in [-0.2, 0) is 21.0 Å². The van der Waals surface area contributed by atoms with Crippen LogP contribution in [0.2, 0.25) is 0 Å². The van der Waals surface area contributed by atoms with Gasteiger partial charge in [0.25, 0.3) is 0 Å². The molecule has 9 nitrogen and oxygen atoms in total. The number of fused-ring (bicyclic) bond motifs is 1. The van der Waals surface area contributed by atoms with Gasteiger partial charge >= 0.3 is 0 Å². The first-order valence-electron chi connectivity index (χ1n) is 11.5. The summed E-state index contributed by atoms with van der Waals surface area (Å²) in [4.78, 5) is 14.4. The second-order valence-electron chi connectivity index (χ2n) is 8.67. The second kappa shape index (κ2) is 9.34. The Bertz CT molecular complexity index is 1660. The molecule has 5 rings (SSSR count). The molecule has 3 heterocycles. The van der Waals surface area contributed by atoms with Gasteiger partial charge < -0.3 is 19.1 Å². The average Bonchev–Trinajstić information content (AvgIpc) is 3.02. The number of aryl methyl sites for hydroxylation is 1. The number of pyridine rings is 1. The quantitative estimate of drug-likeness (QED) is 0.271. The lowest BCUT2D eigenvalue weighted by atomic mass is 9.94. The summed E-state index contributed by atoms with van der Waals surface area (Å²) < 4.78 is 72.5. The van der Waals surface area contributed by atoms with Crippen LogP contribution >= 0.6 is 0 Å². The van der Waals surface area contributed by atoms with E-state index in [1.165, 1.54) is 13.2 Å². The number of hydrogen-bond acceptors (Lipinski definition) is 9. The van der Waals surface area contributed by atoms with Crippen molar-refractivity contribution >= 4 is 37.3 Å². The maximum Gasteiger partial charge on any atom is 0.249 e. The zero-order chi connectivity index (χ0) is 26.5. The van der Waals surface area contributed by atoms with Crippen LogP contribution in [0.15, 0.2) is 29.4 Å². The highest BCUT2D eigenvalue weighted by Gasteiger charge is 2.29. The minimum Gasteiger partial charge on any atom is -0.475 e. The Hall–Kier alpha value is -3.64. The van der Waals surface area contributed by atoms with E-state index in [0.717, 1.165) is 6.26 Å². The summed E-state index contributed by atoms with van der Waals surface area (Å²) in [6.07, 6.45) is 1.29. The van der Waals surface area contributed by atoms with E-state index < -0.39 is 26.6 Å². The molecule has 1 aliphatic heterocycles. The van der Waals surface area contributed by atoms with Crippen LogP contribution in [0.1, 0.15) is 12.5 Å². The fourth-order valence-electron chi connectivity index (χ4n) is 4.44. The van der Waals surface area contributed by atoms with E-state index in [0.29, 0.717) is 35.1 Å². The molecule has 0 fully saturated rings. The van der Waals surface area contributed by atoms with Gasteiger partial charge in [0, 0.05) is 26.0 Å². The molecule has 37 heavy (non-hydrogen) atoms. The van der Waals surface area contributed by atoms with Gasteiger partial charge in [-0.05, 0) is 41.0 Å². The first-order chi connectivity index (χ1) is 17.6. The highest BCUT2D eigenvalue weighted by atomic mass is 32.2. The minimum atomic E-state index is -3.87. The lowest BCUT2D eigenvalue weighted by Gasteiger charge is -2.18.